The van der Waals surface area contributed by atoms with Crippen LogP contribution in [0.2, 0.25) is 0 Å². The zero-order valence-electron chi connectivity index (χ0n) is 19.5. The summed E-state index contributed by atoms with van der Waals surface area (Å²) in [6.07, 6.45) is 9.28. The Hall–Kier alpha value is -3.60. The van der Waals surface area contributed by atoms with Crippen LogP contribution in [0, 0.1) is 6.92 Å². The summed E-state index contributed by atoms with van der Waals surface area (Å²) in [5, 5.41) is 20.2. The predicted molar refractivity (Wildman–Crippen MR) is 133 cm³/mol. The quantitative estimate of drug-likeness (QED) is 0.401. The topological polar surface area (TPSA) is 127 Å². The van der Waals surface area contributed by atoms with Crippen molar-refractivity contribution in [1.29, 1.82) is 0 Å². The molecule has 1 unspecified atom stereocenters. The molecule has 2 aliphatic heterocycles. The zero-order chi connectivity index (χ0) is 23.9. The van der Waals surface area contributed by atoms with E-state index in [0.29, 0.717) is 17.7 Å². The molecule has 6 rings (SSSR count). The largest absolute Gasteiger partial charge is 0.391 e. The summed E-state index contributed by atoms with van der Waals surface area (Å²) < 4.78 is 7.20. The van der Waals surface area contributed by atoms with Crippen molar-refractivity contribution in [2.24, 2.45) is 0 Å². The summed E-state index contributed by atoms with van der Waals surface area (Å²) in [5.74, 6) is 1.11. The van der Waals surface area contributed by atoms with Gasteiger partial charge in [-0.25, -0.2) is 9.97 Å². The first kappa shape index (κ1) is 21.9. The summed E-state index contributed by atoms with van der Waals surface area (Å²) in [6, 6.07) is 6.26. The molecule has 0 spiro atoms. The molecular formula is C25H28N8O2. The number of hydrogen-bond donors (Lipinski definition) is 3. The second kappa shape index (κ2) is 8.88. The van der Waals surface area contributed by atoms with Crippen LogP contribution >= 0.6 is 0 Å². The number of anilines is 3. The first-order valence-corrected chi connectivity index (χ1v) is 11.8. The predicted octanol–water partition coefficient (Wildman–Crippen LogP) is 2.53. The number of hydrogen-bond acceptors (Lipinski definition) is 9. The zero-order valence-corrected chi connectivity index (χ0v) is 19.5. The average molecular weight is 473 g/mol. The fraction of sp³-hybridized carbons (Fsp3) is 0.360. The monoisotopic (exact) mass is 472 g/mol. The number of aliphatic hydroxyl groups excluding tert-OH is 1. The van der Waals surface area contributed by atoms with Crippen LogP contribution in [0.3, 0.4) is 0 Å². The molecule has 0 aliphatic carbocycles. The van der Waals surface area contributed by atoms with Crippen molar-refractivity contribution < 1.29 is 9.84 Å². The lowest BCUT2D eigenvalue weighted by molar-refractivity contribution is -0.0912. The highest BCUT2D eigenvalue weighted by Gasteiger charge is 2.35. The fourth-order valence-corrected chi connectivity index (χ4v) is 4.81. The van der Waals surface area contributed by atoms with Gasteiger partial charge in [0, 0.05) is 48.8 Å². The minimum absolute atomic E-state index is 0.0967. The number of nitrogens with zero attached hydrogens (tertiary/aromatic N) is 6. The maximum absolute atomic E-state index is 10.6. The van der Waals surface area contributed by atoms with Crippen LogP contribution in [-0.2, 0) is 4.74 Å². The van der Waals surface area contributed by atoms with Gasteiger partial charge >= 0.3 is 0 Å². The number of likely N-dealkylation sites (tertiary alicyclic amines) is 1. The van der Waals surface area contributed by atoms with Gasteiger partial charge in [-0.2, -0.15) is 5.10 Å². The van der Waals surface area contributed by atoms with E-state index >= 15 is 0 Å². The van der Waals surface area contributed by atoms with E-state index in [2.05, 4.69) is 30.3 Å². The highest BCUT2D eigenvalue weighted by Crippen LogP contribution is 2.30. The van der Waals surface area contributed by atoms with Gasteiger partial charge in [0.15, 0.2) is 0 Å². The molecule has 2 atom stereocenters. The molecule has 0 amide bonds. The van der Waals surface area contributed by atoms with Crippen LogP contribution in [0.15, 0.2) is 49.2 Å². The Kier molecular flexibility index (Phi) is 5.56. The molecule has 0 aromatic carbocycles. The molecular weight excluding hydrogens is 444 g/mol. The van der Waals surface area contributed by atoms with Gasteiger partial charge in [0.05, 0.1) is 49.0 Å². The second-order valence-electron chi connectivity index (χ2n) is 9.32. The highest BCUT2D eigenvalue weighted by molar-refractivity contribution is 5.94. The van der Waals surface area contributed by atoms with Crippen molar-refractivity contribution in [2.45, 2.75) is 31.5 Å². The smallest absolute Gasteiger partial charge is 0.133 e. The summed E-state index contributed by atoms with van der Waals surface area (Å²) in [6.45, 7) is 5.21. The molecule has 0 bridgehead atoms. The Morgan fingerprint density at radius 1 is 1.20 bits per heavy atom. The lowest BCUT2D eigenvalue weighted by Gasteiger charge is -2.43. The van der Waals surface area contributed by atoms with Gasteiger partial charge in [-0.05, 0) is 42.5 Å². The Bertz CT molecular complexity index is 1370. The Morgan fingerprint density at radius 3 is 2.89 bits per heavy atom. The number of aliphatic hydroxyl groups is 1. The van der Waals surface area contributed by atoms with E-state index in [4.69, 9.17) is 10.5 Å². The summed E-state index contributed by atoms with van der Waals surface area (Å²) in [5.41, 5.74) is 9.86. The van der Waals surface area contributed by atoms with Gasteiger partial charge in [0.2, 0.25) is 0 Å². The molecule has 4 aromatic rings. The third-order valence-electron chi connectivity index (χ3n) is 6.99. The number of aryl methyl sites for hydroxylation is 1. The number of pyridine rings is 3. The van der Waals surface area contributed by atoms with Gasteiger partial charge in [-0.1, -0.05) is 0 Å². The number of nitrogen functional groups attached to an aromatic ring is 1. The van der Waals surface area contributed by atoms with Crippen molar-refractivity contribution in [1.82, 2.24) is 29.6 Å². The number of nitrogens with two attached hydrogens (primary N) is 1. The lowest BCUT2D eigenvalue weighted by atomic mass is 10.00. The second-order valence-corrected chi connectivity index (χ2v) is 9.32. The number of rotatable bonds is 5. The molecule has 10 heteroatoms. The van der Waals surface area contributed by atoms with Crippen molar-refractivity contribution in [3.8, 4) is 11.3 Å². The van der Waals surface area contributed by atoms with Gasteiger partial charge in [0.25, 0.3) is 0 Å². The Balaban J connectivity index is 1.24. The van der Waals surface area contributed by atoms with Crippen LogP contribution in [0.5, 0.6) is 0 Å². The molecule has 4 N–H and O–H groups in total. The molecule has 4 aromatic heterocycles. The fourth-order valence-electron chi connectivity index (χ4n) is 4.81. The van der Waals surface area contributed by atoms with Crippen LogP contribution < -0.4 is 11.1 Å². The molecule has 2 aliphatic rings. The normalized spacial score (nSPS) is 21.2. The van der Waals surface area contributed by atoms with Crippen LogP contribution in [0.4, 0.5) is 17.3 Å². The van der Waals surface area contributed by atoms with E-state index in [1.54, 1.807) is 24.8 Å². The minimum Gasteiger partial charge on any atom is -0.391 e. The molecule has 0 radical (unpaired) electrons. The van der Waals surface area contributed by atoms with Crippen molar-refractivity contribution >= 4 is 28.1 Å². The van der Waals surface area contributed by atoms with Crippen molar-refractivity contribution in [2.75, 3.05) is 37.4 Å². The van der Waals surface area contributed by atoms with E-state index in [9.17, 15) is 5.11 Å². The highest BCUT2D eigenvalue weighted by atomic mass is 16.5. The third kappa shape index (κ3) is 4.20. The van der Waals surface area contributed by atoms with Gasteiger partial charge in [-0.15, -0.1) is 0 Å². The average Bonchev–Trinajstić information content (AvgIpc) is 3.27. The van der Waals surface area contributed by atoms with Crippen LogP contribution in [-0.4, -0.2) is 73.2 Å². The number of piperidine rings is 1. The molecule has 10 nitrogen and oxygen atoms in total. The molecule has 6 heterocycles. The molecule has 35 heavy (non-hydrogen) atoms. The van der Waals surface area contributed by atoms with Gasteiger partial charge < -0.3 is 20.9 Å². The standard InChI is InChI=1S/C25H28N8O2/c1-15-2-4-27-9-19(15)21-6-16-7-24(28-10-20(16)25(26)31-21)30-17-8-29-33(11-17)22-12-32(5-3-23(22)34)18-13-35-14-18/h2,4,6-11,18,22-23,34H,3,5,12-14H2,1H3,(H2,26,31)(H,28,30)/t22?,23-/m0/s1. The SMILES string of the molecule is Cc1ccncc1-c1cc2cc(Nc3cnn(C4CN(C5COC5)CC[C@@H]4O)c3)ncc2c(N)n1. The number of aromatic nitrogens is 5. The lowest BCUT2D eigenvalue weighted by Crippen LogP contribution is -2.55. The number of fused-ring (bicyclic) bond motifs is 1. The molecule has 180 valence electrons. The summed E-state index contributed by atoms with van der Waals surface area (Å²) in [4.78, 5) is 15.7. The number of nitrogens with one attached hydrogen (secondary N) is 1. The van der Waals surface area contributed by atoms with Crippen LogP contribution in [0.25, 0.3) is 22.0 Å². The number of ether oxygens (including phenoxy) is 1. The molecule has 2 saturated heterocycles. The Morgan fingerprint density at radius 2 is 2.09 bits per heavy atom. The maximum Gasteiger partial charge on any atom is 0.133 e. The van der Waals surface area contributed by atoms with E-state index in [1.807, 2.05) is 36.0 Å². The Labute approximate surface area is 202 Å². The maximum atomic E-state index is 10.6. The van der Waals surface area contributed by atoms with Gasteiger partial charge in [-0.3, -0.25) is 14.6 Å². The molecule has 2 fully saturated rings. The van der Waals surface area contributed by atoms with Gasteiger partial charge in [0.1, 0.15) is 11.6 Å². The van der Waals surface area contributed by atoms with Crippen molar-refractivity contribution in [3.05, 3.63) is 54.7 Å². The molecule has 0 saturated carbocycles. The van der Waals surface area contributed by atoms with E-state index in [1.165, 1.54) is 0 Å². The first-order valence-electron chi connectivity index (χ1n) is 11.8. The van der Waals surface area contributed by atoms with E-state index in [0.717, 1.165) is 66.0 Å². The third-order valence-corrected chi connectivity index (χ3v) is 6.99. The van der Waals surface area contributed by atoms with Crippen LogP contribution in [0.1, 0.15) is 18.0 Å². The van der Waals surface area contributed by atoms with Crippen molar-refractivity contribution in [3.63, 3.8) is 0 Å². The van der Waals surface area contributed by atoms with E-state index in [-0.39, 0.29) is 6.04 Å². The van der Waals surface area contributed by atoms with E-state index < -0.39 is 6.10 Å². The minimum atomic E-state index is -0.427. The summed E-state index contributed by atoms with van der Waals surface area (Å²) >= 11 is 0. The first-order chi connectivity index (χ1) is 17.0. The summed E-state index contributed by atoms with van der Waals surface area (Å²) in [7, 11) is 0.